The fraction of sp³-hybridized carbons (Fsp3) is 0.857. The van der Waals surface area contributed by atoms with Crippen molar-refractivity contribution >= 4 is 11.9 Å². The van der Waals surface area contributed by atoms with Crippen molar-refractivity contribution in [1.82, 2.24) is 4.90 Å². The van der Waals surface area contributed by atoms with Gasteiger partial charge < -0.3 is 10.0 Å². The first-order chi connectivity index (χ1) is 8.50. The molecule has 1 N–H and O–H groups in total. The Bertz CT molecular complexity index is 291. The van der Waals surface area contributed by atoms with Crippen LogP contribution in [-0.2, 0) is 9.59 Å². The summed E-state index contributed by atoms with van der Waals surface area (Å²) >= 11 is 0. The molecular weight excluding hydrogens is 230 g/mol. The van der Waals surface area contributed by atoms with Gasteiger partial charge in [-0.05, 0) is 38.5 Å². The van der Waals surface area contributed by atoms with Crippen LogP contribution in [0.5, 0.6) is 0 Å². The first-order valence-electron chi connectivity index (χ1n) is 7.02. The Balaban J connectivity index is 2.36. The molecule has 2 atom stereocenters. The van der Waals surface area contributed by atoms with Crippen LogP contribution in [0.25, 0.3) is 0 Å². The fourth-order valence-corrected chi connectivity index (χ4v) is 2.57. The minimum atomic E-state index is -0.779. The third-order valence-corrected chi connectivity index (χ3v) is 3.71. The van der Waals surface area contributed by atoms with Gasteiger partial charge in [0.2, 0.25) is 5.91 Å². The van der Waals surface area contributed by atoms with Crippen molar-refractivity contribution in [2.75, 3.05) is 6.54 Å². The number of unbranched alkanes of at least 4 members (excludes halogenated alkanes) is 1. The molecule has 4 nitrogen and oxygen atoms in total. The van der Waals surface area contributed by atoms with Gasteiger partial charge in [-0.1, -0.05) is 13.3 Å². The number of nitrogens with zero attached hydrogens (tertiary/aromatic N) is 1. The SMILES string of the molecule is CC1CCCC(C)N(C(=O)CCCCC(=O)O)C1. The second kappa shape index (κ2) is 7.39. The first kappa shape index (κ1) is 15.0. The van der Waals surface area contributed by atoms with Gasteiger partial charge in [-0.3, -0.25) is 9.59 Å². The zero-order valence-electron chi connectivity index (χ0n) is 11.5. The summed E-state index contributed by atoms with van der Waals surface area (Å²) < 4.78 is 0. The summed E-state index contributed by atoms with van der Waals surface area (Å²) in [4.78, 5) is 24.5. The second-order valence-corrected chi connectivity index (χ2v) is 5.53. The lowest BCUT2D eigenvalue weighted by Crippen LogP contribution is -2.39. The number of hydrogen-bond donors (Lipinski definition) is 1. The monoisotopic (exact) mass is 255 g/mol. The normalized spacial score (nSPS) is 24.7. The molecule has 1 aliphatic heterocycles. The summed E-state index contributed by atoms with van der Waals surface area (Å²) in [5.74, 6) is -0.00114. The van der Waals surface area contributed by atoms with Crippen molar-refractivity contribution in [2.24, 2.45) is 5.92 Å². The van der Waals surface area contributed by atoms with Gasteiger partial charge in [0.15, 0.2) is 0 Å². The number of hydrogen-bond acceptors (Lipinski definition) is 2. The molecule has 0 aromatic heterocycles. The standard InChI is InChI=1S/C14H25NO3/c1-11-6-5-7-12(2)15(10-11)13(16)8-3-4-9-14(17)18/h11-12H,3-10H2,1-2H3,(H,17,18). The first-order valence-corrected chi connectivity index (χ1v) is 7.02. The molecule has 104 valence electrons. The van der Waals surface area contributed by atoms with Crippen molar-refractivity contribution in [3.63, 3.8) is 0 Å². The number of carbonyl (C=O) groups excluding carboxylic acids is 1. The summed E-state index contributed by atoms with van der Waals surface area (Å²) in [5.41, 5.74) is 0. The molecule has 0 radical (unpaired) electrons. The summed E-state index contributed by atoms with van der Waals surface area (Å²) in [7, 11) is 0. The predicted octanol–water partition coefficient (Wildman–Crippen LogP) is 2.67. The van der Waals surface area contributed by atoms with E-state index in [1.54, 1.807) is 0 Å². The highest BCUT2D eigenvalue weighted by Gasteiger charge is 2.24. The molecule has 0 aromatic rings. The van der Waals surface area contributed by atoms with E-state index < -0.39 is 5.97 Å². The summed E-state index contributed by atoms with van der Waals surface area (Å²) in [6, 6.07) is 0.335. The van der Waals surface area contributed by atoms with Crippen molar-refractivity contribution in [1.29, 1.82) is 0 Å². The molecule has 1 saturated heterocycles. The highest BCUT2D eigenvalue weighted by molar-refractivity contribution is 5.76. The maximum atomic E-state index is 12.1. The molecule has 18 heavy (non-hydrogen) atoms. The van der Waals surface area contributed by atoms with Crippen LogP contribution in [-0.4, -0.2) is 34.5 Å². The molecule has 0 aromatic carbocycles. The van der Waals surface area contributed by atoms with Crippen LogP contribution in [0.2, 0.25) is 0 Å². The Kier molecular flexibility index (Phi) is 6.16. The lowest BCUT2D eigenvalue weighted by atomic mass is 10.1. The lowest BCUT2D eigenvalue weighted by Gasteiger charge is -2.28. The number of rotatable bonds is 5. The minimum Gasteiger partial charge on any atom is -0.481 e. The van der Waals surface area contributed by atoms with Gasteiger partial charge in [-0.15, -0.1) is 0 Å². The Labute approximate surface area is 109 Å². The van der Waals surface area contributed by atoms with Crippen molar-refractivity contribution in [3.8, 4) is 0 Å². The molecule has 0 bridgehead atoms. The largest absolute Gasteiger partial charge is 0.481 e. The van der Waals surface area contributed by atoms with Crippen molar-refractivity contribution in [2.45, 2.75) is 64.8 Å². The summed E-state index contributed by atoms with van der Waals surface area (Å²) in [5, 5.41) is 8.55. The van der Waals surface area contributed by atoms with E-state index in [4.69, 9.17) is 5.11 Å². The molecular formula is C14H25NO3. The zero-order chi connectivity index (χ0) is 13.5. The average molecular weight is 255 g/mol. The van der Waals surface area contributed by atoms with Crippen molar-refractivity contribution in [3.05, 3.63) is 0 Å². The Morgan fingerprint density at radius 1 is 1.17 bits per heavy atom. The van der Waals surface area contributed by atoms with E-state index in [2.05, 4.69) is 13.8 Å². The highest BCUT2D eigenvalue weighted by atomic mass is 16.4. The van der Waals surface area contributed by atoms with Crippen LogP contribution in [0.3, 0.4) is 0 Å². The average Bonchev–Trinajstić information content (AvgIpc) is 2.46. The number of carbonyl (C=O) groups is 2. The third kappa shape index (κ3) is 5.07. The van der Waals surface area contributed by atoms with Gasteiger partial charge in [0, 0.05) is 25.4 Å². The molecule has 1 fully saturated rings. The Morgan fingerprint density at radius 2 is 1.83 bits per heavy atom. The Morgan fingerprint density at radius 3 is 2.50 bits per heavy atom. The van der Waals surface area contributed by atoms with E-state index in [9.17, 15) is 9.59 Å². The minimum absolute atomic E-state index is 0.166. The summed E-state index contributed by atoms with van der Waals surface area (Å²) in [6.45, 7) is 5.18. The molecule has 1 rings (SSSR count). The zero-order valence-corrected chi connectivity index (χ0v) is 11.5. The number of aliphatic carboxylic acids is 1. The molecule has 1 heterocycles. The van der Waals surface area contributed by atoms with Crippen LogP contribution in [0.4, 0.5) is 0 Å². The van der Waals surface area contributed by atoms with E-state index in [1.807, 2.05) is 4.90 Å². The molecule has 1 aliphatic rings. The molecule has 2 unspecified atom stereocenters. The smallest absolute Gasteiger partial charge is 0.303 e. The number of carboxylic acid groups (broad SMARTS) is 1. The predicted molar refractivity (Wildman–Crippen MR) is 70.3 cm³/mol. The van der Waals surface area contributed by atoms with E-state index in [-0.39, 0.29) is 12.3 Å². The second-order valence-electron chi connectivity index (χ2n) is 5.53. The quantitative estimate of drug-likeness (QED) is 0.768. The molecule has 0 saturated carbocycles. The highest BCUT2D eigenvalue weighted by Crippen LogP contribution is 2.21. The molecule has 1 amide bonds. The van der Waals surface area contributed by atoms with Gasteiger partial charge in [0.1, 0.15) is 0 Å². The Hall–Kier alpha value is -1.06. The number of carboxylic acids is 1. The van der Waals surface area contributed by atoms with Gasteiger partial charge >= 0.3 is 5.97 Å². The van der Waals surface area contributed by atoms with Crippen LogP contribution < -0.4 is 0 Å². The third-order valence-electron chi connectivity index (χ3n) is 3.71. The van der Waals surface area contributed by atoms with E-state index in [0.717, 1.165) is 13.0 Å². The van der Waals surface area contributed by atoms with Crippen LogP contribution >= 0.6 is 0 Å². The number of amides is 1. The molecule has 0 spiro atoms. The van der Waals surface area contributed by atoms with Gasteiger partial charge in [-0.2, -0.15) is 0 Å². The molecule has 4 heteroatoms. The van der Waals surface area contributed by atoms with Gasteiger partial charge in [-0.25, -0.2) is 0 Å². The molecule has 0 aliphatic carbocycles. The van der Waals surface area contributed by atoms with Crippen LogP contribution in [0, 0.1) is 5.92 Å². The number of likely N-dealkylation sites (tertiary alicyclic amines) is 1. The van der Waals surface area contributed by atoms with Crippen molar-refractivity contribution < 1.29 is 14.7 Å². The van der Waals surface area contributed by atoms with Crippen LogP contribution in [0.15, 0.2) is 0 Å². The van der Waals surface area contributed by atoms with E-state index in [1.165, 1.54) is 12.8 Å². The maximum Gasteiger partial charge on any atom is 0.303 e. The lowest BCUT2D eigenvalue weighted by molar-refractivity contribution is -0.138. The van der Waals surface area contributed by atoms with Crippen LogP contribution in [0.1, 0.15) is 58.8 Å². The van der Waals surface area contributed by atoms with E-state index >= 15 is 0 Å². The summed E-state index contributed by atoms with van der Waals surface area (Å²) in [6.07, 6.45) is 5.43. The van der Waals surface area contributed by atoms with Gasteiger partial charge in [0.25, 0.3) is 0 Å². The topological polar surface area (TPSA) is 57.6 Å². The fourth-order valence-electron chi connectivity index (χ4n) is 2.57. The maximum absolute atomic E-state index is 12.1. The van der Waals surface area contributed by atoms with E-state index in [0.29, 0.717) is 31.2 Å². The van der Waals surface area contributed by atoms with Gasteiger partial charge in [0.05, 0.1) is 0 Å².